The Bertz CT molecular complexity index is 1080. The Morgan fingerprint density at radius 1 is 1.28 bits per heavy atom. The van der Waals surface area contributed by atoms with Crippen LogP contribution in [0.5, 0.6) is 0 Å². The number of carbonyl (C=O) groups is 1. The number of aromatic nitrogens is 3. The van der Waals surface area contributed by atoms with Crippen molar-refractivity contribution in [1.82, 2.24) is 24.9 Å². The minimum absolute atomic E-state index is 0.0492. The molecule has 2 fully saturated rings. The first-order chi connectivity index (χ1) is 14.0. The Balaban J connectivity index is 1.26. The first-order valence-electron chi connectivity index (χ1n) is 9.55. The van der Waals surface area contributed by atoms with Gasteiger partial charge in [-0.25, -0.2) is 12.9 Å². The third kappa shape index (κ3) is 3.90. The van der Waals surface area contributed by atoms with Crippen molar-refractivity contribution in [3.63, 3.8) is 0 Å². The molecular weight excluding hydrogens is 398 g/mol. The van der Waals surface area contributed by atoms with Gasteiger partial charge >= 0.3 is 0 Å². The second-order valence-electron chi connectivity index (χ2n) is 7.48. The lowest BCUT2D eigenvalue weighted by Gasteiger charge is -2.25. The van der Waals surface area contributed by atoms with Crippen LogP contribution < -0.4 is 10.7 Å². The second-order valence-corrected chi connectivity index (χ2v) is 9.78. The highest BCUT2D eigenvalue weighted by atomic mass is 32.2. The molecular formula is C17H21N7O4S. The predicted molar refractivity (Wildman–Crippen MR) is 104 cm³/mol. The molecule has 154 valence electrons. The summed E-state index contributed by atoms with van der Waals surface area (Å²) in [5.74, 6) is 1.10. The molecule has 2 aromatic rings. The van der Waals surface area contributed by atoms with Gasteiger partial charge in [-0.05, 0) is 25.0 Å². The monoisotopic (exact) mass is 419 g/mol. The molecule has 5 rings (SSSR count). The maximum absolute atomic E-state index is 12.0. The quantitative estimate of drug-likeness (QED) is 0.678. The van der Waals surface area contributed by atoms with Crippen molar-refractivity contribution >= 4 is 33.2 Å². The van der Waals surface area contributed by atoms with Crippen LogP contribution in [0.1, 0.15) is 24.8 Å². The maximum atomic E-state index is 12.0. The average Bonchev–Trinajstić information content (AvgIpc) is 3.31. The van der Waals surface area contributed by atoms with Crippen molar-refractivity contribution in [2.75, 3.05) is 36.5 Å². The van der Waals surface area contributed by atoms with Gasteiger partial charge in [0.05, 0.1) is 18.1 Å². The van der Waals surface area contributed by atoms with Crippen molar-refractivity contribution < 1.29 is 17.9 Å². The normalized spacial score (nSPS) is 24.0. The highest BCUT2D eigenvalue weighted by Gasteiger charge is 2.31. The van der Waals surface area contributed by atoms with Crippen LogP contribution in [0.25, 0.3) is 5.65 Å². The van der Waals surface area contributed by atoms with Gasteiger partial charge < -0.3 is 4.74 Å². The zero-order valence-electron chi connectivity index (χ0n) is 15.6. The lowest BCUT2D eigenvalue weighted by atomic mass is 10.3. The van der Waals surface area contributed by atoms with Crippen molar-refractivity contribution in [3.05, 3.63) is 23.9 Å². The minimum atomic E-state index is -2.92. The molecule has 4 heterocycles. The summed E-state index contributed by atoms with van der Waals surface area (Å²) in [4.78, 5) is 18.3. The summed E-state index contributed by atoms with van der Waals surface area (Å²) in [5.41, 5.74) is 4.23. The molecule has 3 aliphatic rings. The van der Waals surface area contributed by atoms with Gasteiger partial charge in [0.2, 0.25) is 24.0 Å². The topological polar surface area (TPSA) is 130 Å². The summed E-state index contributed by atoms with van der Waals surface area (Å²) in [7, 11) is -2.92. The summed E-state index contributed by atoms with van der Waals surface area (Å²) in [6.45, 7) is 1.38. The highest BCUT2D eigenvalue weighted by Crippen LogP contribution is 2.30. The molecule has 1 amide bonds. The van der Waals surface area contributed by atoms with E-state index in [0.29, 0.717) is 36.9 Å². The fraction of sp³-hybridized carbons (Fsp3) is 0.529. The number of anilines is 1. The van der Waals surface area contributed by atoms with E-state index in [4.69, 9.17) is 4.74 Å². The van der Waals surface area contributed by atoms with Crippen LogP contribution >= 0.6 is 0 Å². The number of pyridine rings is 1. The standard InChI is InChI=1S/C17H21N7O4S/c25-15(11-4-5-11)19-17-18-13-3-1-2-12(24(13)22-17)16-21-20-14(28-16)10-23-6-8-29(26,27)9-7-23/h1-3,11,16,21H,4-10H2,(H,19,22,25)/t16-/m0/s1. The Labute approximate surface area is 167 Å². The van der Waals surface area contributed by atoms with Gasteiger partial charge in [-0.1, -0.05) is 6.07 Å². The molecule has 0 unspecified atom stereocenters. The van der Waals surface area contributed by atoms with Gasteiger partial charge in [-0.2, -0.15) is 4.98 Å². The van der Waals surface area contributed by atoms with E-state index < -0.39 is 16.1 Å². The number of hydrogen-bond acceptors (Lipinski definition) is 9. The fourth-order valence-corrected chi connectivity index (χ4v) is 4.63. The number of ether oxygens (including phenoxy) is 1. The van der Waals surface area contributed by atoms with Gasteiger partial charge in [0.1, 0.15) is 5.69 Å². The molecule has 1 saturated carbocycles. The molecule has 2 N–H and O–H groups in total. The summed E-state index contributed by atoms with van der Waals surface area (Å²) in [6.07, 6.45) is 1.27. The molecule has 0 bridgehead atoms. The molecule has 12 heteroatoms. The van der Waals surface area contributed by atoms with Gasteiger partial charge in [0.25, 0.3) is 0 Å². The van der Waals surface area contributed by atoms with Crippen LogP contribution in [0.3, 0.4) is 0 Å². The third-order valence-corrected chi connectivity index (χ3v) is 6.81. The second kappa shape index (κ2) is 6.95. The number of rotatable bonds is 5. The molecule has 1 saturated heterocycles. The molecule has 1 atom stereocenters. The van der Waals surface area contributed by atoms with Crippen LogP contribution in [0.4, 0.5) is 5.95 Å². The average molecular weight is 419 g/mol. The Hall–Kier alpha value is -2.73. The van der Waals surface area contributed by atoms with Gasteiger partial charge in [0.15, 0.2) is 15.5 Å². The van der Waals surface area contributed by atoms with Crippen LogP contribution in [0, 0.1) is 5.92 Å². The SMILES string of the molecule is O=C(Nc1nc2cccc([C@H]3NN=C(CN4CCS(=O)(=O)CC4)O3)n2n1)C1CC1. The van der Waals surface area contributed by atoms with E-state index in [-0.39, 0.29) is 29.3 Å². The number of nitrogens with zero attached hydrogens (tertiary/aromatic N) is 5. The summed E-state index contributed by atoms with van der Waals surface area (Å²) >= 11 is 0. The molecule has 11 nitrogen and oxygen atoms in total. The summed E-state index contributed by atoms with van der Waals surface area (Å²) in [5, 5.41) is 11.4. The van der Waals surface area contributed by atoms with E-state index in [1.54, 1.807) is 10.6 Å². The largest absolute Gasteiger partial charge is 0.447 e. The van der Waals surface area contributed by atoms with Crippen molar-refractivity contribution in [2.24, 2.45) is 11.0 Å². The van der Waals surface area contributed by atoms with Crippen LogP contribution in [-0.4, -0.2) is 70.9 Å². The van der Waals surface area contributed by atoms with E-state index in [1.165, 1.54) is 0 Å². The molecule has 0 aromatic carbocycles. The first-order valence-corrected chi connectivity index (χ1v) is 11.4. The minimum Gasteiger partial charge on any atom is -0.447 e. The molecule has 29 heavy (non-hydrogen) atoms. The Morgan fingerprint density at radius 3 is 2.83 bits per heavy atom. The number of hydrazone groups is 1. The van der Waals surface area contributed by atoms with Gasteiger partial charge in [-0.3, -0.25) is 20.4 Å². The Kier molecular flexibility index (Phi) is 4.39. The van der Waals surface area contributed by atoms with Gasteiger partial charge in [-0.15, -0.1) is 10.2 Å². The highest BCUT2D eigenvalue weighted by molar-refractivity contribution is 7.91. The Morgan fingerprint density at radius 2 is 2.07 bits per heavy atom. The van der Waals surface area contributed by atoms with Crippen LogP contribution in [-0.2, 0) is 19.4 Å². The maximum Gasteiger partial charge on any atom is 0.249 e. The zero-order chi connectivity index (χ0) is 20.0. The van der Waals surface area contributed by atoms with E-state index in [9.17, 15) is 13.2 Å². The molecule has 2 aromatic heterocycles. The number of hydrogen-bond donors (Lipinski definition) is 2. The van der Waals surface area contributed by atoms with E-state index >= 15 is 0 Å². The van der Waals surface area contributed by atoms with Crippen molar-refractivity contribution in [3.8, 4) is 0 Å². The number of amides is 1. The molecule has 0 radical (unpaired) electrons. The lowest BCUT2D eigenvalue weighted by Crippen LogP contribution is -2.42. The molecule has 2 aliphatic heterocycles. The van der Waals surface area contributed by atoms with E-state index in [0.717, 1.165) is 12.8 Å². The zero-order valence-corrected chi connectivity index (χ0v) is 16.4. The first kappa shape index (κ1) is 18.3. The fourth-order valence-electron chi connectivity index (χ4n) is 3.35. The number of sulfone groups is 1. The molecule has 0 spiro atoms. The number of carbonyl (C=O) groups excluding carboxylic acids is 1. The van der Waals surface area contributed by atoms with Crippen molar-refractivity contribution in [1.29, 1.82) is 0 Å². The number of fused-ring (bicyclic) bond motifs is 1. The van der Waals surface area contributed by atoms with Crippen LogP contribution in [0.2, 0.25) is 0 Å². The van der Waals surface area contributed by atoms with E-state index in [1.807, 2.05) is 17.0 Å². The van der Waals surface area contributed by atoms with Crippen molar-refractivity contribution in [2.45, 2.75) is 19.1 Å². The van der Waals surface area contributed by atoms with E-state index in [2.05, 4.69) is 25.9 Å². The lowest BCUT2D eigenvalue weighted by molar-refractivity contribution is -0.117. The van der Waals surface area contributed by atoms with Gasteiger partial charge in [0, 0.05) is 19.0 Å². The molecule has 1 aliphatic carbocycles. The smallest absolute Gasteiger partial charge is 0.249 e. The summed E-state index contributed by atoms with van der Waals surface area (Å²) in [6, 6.07) is 5.48. The predicted octanol–water partition coefficient (Wildman–Crippen LogP) is -0.260. The third-order valence-electron chi connectivity index (χ3n) is 5.20. The number of nitrogens with one attached hydrogen (secondary N) is 2. The van der Waals surface area contributed by atoms with Crippen LogP contribution in [0.15, 0.2) is 23.3 Å². The summed E-state index contributed by atoms with van der Waals surface area (Å²) < 4.78 is 30.7.